The van der Waals surface area contributed by atoms with Gasteiger partial charge in [-0.3, -0.25) is 4.79 Å². The smallest absolute Gasteiger partial charge is 0.324 e. The Kier molecular flexibility index (Phi) is 5.52. The van der Waals surface area contributed by atoms with Crippen molar-refractivity contribution >= 4 is 16.0 Å². The standard InChI is InChI=1S/C14H17N3O6S/c1-9(14(18)22-8-13-15-10(2)16-23-13)17-24(19,20)12-6-4-11(21-3)5-7-12/h4-7,9,17H,8H2,1-3H3/t9-/m0/s1. The first-order valence-corrected chi connectivity index (χ1v) is 8.42. The van der Waals surface area contributed by atoms with E-state index in [1.807, 2.05) is 0 Å². The molecule has 10 heteroatoms. The number of nitrogens with one attached hydrogen (secondary N) is 1. The predicted molar refractivity (Wildman–Crippen MR) is 81.6 cm³/mol. The van der Waals surface area contributed by atoms with Crippen molar-refractivity contribution in [1.29, 1.82) is 0 Å². The molecule has 0 spiro atoms. The molecule has 0 saturated heterocycles. The first kappa shape index (κ1) is 17.9. The topological polar surface area (TPSA) is 121 Å². The van der Waals surface area contributed by atoms with Gasteiger partial charge in [-0.25, -0.2) is 8.42 Å². The fourth-order valence-corrected chi connectivity index (χ4v) is 2.95. The molecule has 130 valence electrons. The van der Waals surface area contributed by atoms with Gasteiger partial charge in [0.2, 0.25) is 10.0 Å². The average Bonchev–Trinajstić information content (AvgIpc) is 2.97. The molecule has 2 rings (SSSR count). The molecule has 1 atom stereocenters. The molecular weight excluding hydrogens is 338 g/mol. The monoisotopic (exact) mass is 355 g/mol. The lowest BCUT2D eigenvalue weighted by molar-refractivity contribution is -0.147. The van der Waals surface area contributed by atoms with Gasteiger partial charge in [0.15, 0.2) is 12.4 Å². The van der Waals surface area contributed by atoms with Gasteiger partial charge in [0.05, 0.1) is 12.0 Å². The number of hydrogen-bond donors (Lipinski definition) is 1. The van der Waals surface area contributed by atoms with Crippen LogP contribution in [0.4, 0.5) is 0 Å². The number of esters is 1. The Morgan fingerprint density at radius 3 is 2.54 bits per heavy atom. The van der Waals surface area contributed by atoms with Gasteiger partial charge >= 0.3 is 5.97 Å². The van der Waals surface area contributed by atoms with Gasteiger partial charge in [0, 0.05) is 0 Å². The molecule has 0 radical (unpaired) electrons. The van der Waals surface area contributed by atoms with Crippen LogP contribution < -0.4 is 9.46 Å². The molecule has 1 heterocycles. The lowest BCUT2D eigenvalue weighted by Crippen LogP contribution is -2.39. The highest BCUT2D eigenvalue weighted by atomic mass is 32.2. The molecule has 0 saturated carbocycles. The molecule has 0 aliphatic rings. The molecule has 0 amide bonds. The fraction of sp³-hybridized carbons (Fsp3) is 0.357. The minimum Gasteiger partial charge on any atom is -0.497 e. The van der Waals surface area contributed by atoms with Gasteiger partial charge < -0.3 is 14.0 Å². The Morgan fingerprint density at radius 2 is 2.00 bits per heavy atom. The zero-order valence-corrected chi connectivity index (χ0v) is 14.2. The Labute approximate surface area is 139 Å². The largest absolute Gasteiger partial charge is 0.497 e. The highest BCUT2D eigenvalue weighted by Crippen LogP contribution is 2.15. The summed E-state index contributed by atoms with van der Waals surface area (Å²) in [6.45, 7) is 2.77. The van der Waals surface area contributed by atoms with Crippen LogP contribution in [0.5, 0.6) is 5.75 Å². The van der Waals surface area contributed by atoms with Crippen molar-refractivity contribution in [3.8, 4) is 5.75 Å². The maximum Gasteiger partial charge on any atom is 0.324 e. The van der Waals surface area contributed by atoms with Crippen molar-refractivity contribution in [2.45, 2.75) is 31.4 Å². The molecule has 0 aliphatic heterocycles. The molecule has 1 aromatic heterocycles. The van der Waals surface area contributed by atoms with Gasteiger partial charge in [-0.1, -0.05) is 5.16 Å². The Bertz CT molecular complexity index is 800. The van der Waals surface area contributed by atoms with Crippen molar-refractivity contribution in [3.05, 3.63) is 36.0 Å². The summed E-state index contributed by atoms with van der Waals surface area (Å²) in [5.74, 6) is 0.305. The number of benzene rings is 1. The summed E-state index contributed by atoms with van der Waals surface area (Å²) in [5.41, 5.74) is 0. The van der Waals surface area contributed by atoms with E-state index in [1.54, 1.807) is 6.92 Å². The van der Waals surface area contributed by atoms with Gasteiger partial charge in [-0.15, -0.1) is 0 Å². The van der Waals surface area contributed by atoms with Crippen molar-refractivity contribution in [2.75, 3.05) is 7.11 Å². The summed E-state index contributed by atoms with van der Waals surface area (Å²) < 4.78 is 41.4. The molecule has 1 aromatic carbocycles. The third kappa shape index (κ3) is 4.52. The van der Waals surface area contributed by atoms with Crippen molar-refractivity contribution in [1.82, 2.24) is 14.9 Å². The van der Waals surface area contributed by atoms with Crippen molar-refractivity contribution in [2.24, 2.45) is 0 Å². The number of hydrogen-bond acceptors (Lipinski definition) is 8. The first-order valence-electron chi connectivity index (χ1n) is 6.94. The number of nitrogens with zero attached hydrogens (tertiary/aromatic N) is 2. The number of carbonyl (C=O) groups is 1. The Balaban J connectivity index is 1.95. The minimum atomic E-state index is -3.87. The van der Waals surface area contributed by atoms with Crippen LogP contribution in [0.2, 0.25) is 0 Å². The van der Waals surface area contributed by atoms with Crippen molar-refractivity contribution in [3.63, 3.8) is 0 Å². The summed E-state index contributed by atoms with van der Waals surface area (Å²) in [7, 11) is -2.39. The van der Waals surface area contributed by atoms with Gasteiger partial charge in [-0.05, 0) is 38.1 Å². The molecule has 0 bridgehead atoms. The number of rotatable bonds is 7. The maximum absolute atomic E-state index is 12.2. The Morgan fingerprint density at radius 1 is 1.33 bits per heavy atom. The summed E-state index contributed by atoms with van der Waals surface area (Å²) >= 11 is 0. The van der Waals surface area contributed by atoms with E-state index in [-0.39, 0.29) is 17.4 Å². The van der Waals surface area contributed by atoms with E-state index >= 15 is 0 Å². The van der Waals surface area contributed by atoms with E-state index in [2.05, 4.69) is 14.9 Å². The highest BCUT2D eigenvalue weighted by molar-refractivity contribution is 7.89. The first-order chi connectivity index (χ1) is 11.3. The number of methoxy groups -OCH3 is 1. The second-order valence-corrected chi connectivity index (χ2v) is 6.58. The highest BCUT2D eigenvalue weighted by Gasteiger charge is 2.23. The lowest BCUT2D eigenvalue weighted by Gasteiger charge is -2.13. The molecule has 1 N–H and O–H groups in total. The lowest BCUT2D eigenvalue weighted by atomic mass is 10.3. The fourth-order valence-electron chi connectivity index (χ4n) is 1.76. The zero-order valence-electron chi connectivity index (χ0n) is 13.3. The summed E-state index contributed by atoms with van der Waals surface area (Å²) in [6.07, 6.45) is 0. The van der Waals surface area contributed by atoms with Crippen LogP contribution in [0.25, 0.3) is 0 Å². The van der Waals surface area contributed by atoms with Gasteiger partial charge in [0.1, 0.15) is 11.8 Å². The SMILES string of the molecule is COc1ccc(S(=O)(=O)N[C@@H](C)C(=O)OCc2nc(C)no2)cc1. The molecule has 2 aromatic rings. The molecule has 0 fully saturated rings. The zero-order chi connectivity index (χ0) is 17.7. The third-order valence-corrected chi connectivity index (χ3v) is 4.52. The van der Waals surface area contributed by atoms with E-state index in [0.717, 1.165) is 0 Å². The molecule has 0 unspecified atom stereocenters. The van der Waals surface area contributed by atoms with Crippen LogP contribution in [0.1, 0.15) is 18.6 Å². The van der Waals surface area contributed by atoms with E-state index < -0.39 is 22.0 Å². The molecule has 9 nitrogen and oxygen atoms in total. The summed E-state index contributed by atoms with van der Waals surface area (Å²) in [5, 5.41) is 3.55. The second-order valence-electron chi connectivity index (χ2n) is 4.86. The van der Waals surface area contributed by atoms with Crippen LogP contribution in [0.15, 0.2) is 33.7 Å². The maximum atomic E-state index is 12.2. The summed E-state index contributed by atoms with van der Waals surface area (Å²) in [6, 6.07) is 4.69. The van der Waals surface area contributed by atoms with Gasteiger partial charge in [0.25, 0.3) is 5.89 Å². The van der Waals surface area contributed by atoms with Crippen LogP contribution in [0.3, 0.4) is 0 Å². The minimum absolute atomic E-state index is 0.00970. The second kappa shape index (κ2) is 7.41. The van der Waals surface area contributed by atoms with Crippen LogP contribution >= 0.6 is 0 Å². The summed E-state index contributed by atoms with van der Waals surface area (Å²) in [4.78, 5) is 15.8. The normalized spacial score (nSPS) is 12.6. The predicted octanol–water partition coefficient (Wildman–Crippen LogP) is 0.797. The molecular formula is C14H17N3O6S. The number of aryl methyl sites for hydroxylation is 1. The van der Waals surface area contributed by atoms with Crippen LogP contribution in [-0.4, -0.2) is 37.7 Å². The van der Waals surface area contributed by atoms with Gasteiger partial charge in [-0.2, -0.15) is 9.71 Å². The van der Waals surface area contributed by atoms with Crippen LogP contribution in [0, 0.1) is 6.92 Å². The number of sulfonamides is 1. The van der Waals surface area contributed by atoms with E-state index in [4.69, 9.17) is 14.0 Å². The van der Waals surface area contributed by atoms with E-state index in [0.29, 0.717) is 11.6 Å². The molecule has 24 heavy (non-hydrogen) atoms. The molecule has 0 aliphatic carbocycles. The Hall–Kier alpha value is -2.46. The van der Waals surface area contributed by atoms with Crippen molar-refractivity contribution < 1.29 is 27.2 Å². The van der Waals surface area contributed by atoms with E-state index in [9.17, 15) is 13.2 Å². The average molecular weight is 355 g/mol. The number of aromatic nitrogens is 2. The third-order valence-electron chi connectivity index (χ3n) is 2.96. The number of carbonyl (C=O) groups excluding carboxylic acids is 1. The number of ether oxygens (including phenoxy) is 2. The van der Waals surface area contributed by atoms with E-state index in [1.165, 1.54) is 38.3 Å². The van der Waals surface area contributed by atoms with Crippen LogP contribution in [-0.2, 0) is 26.2 Å². The quantitative estimate of drug-likeness (QED) is 0.724.